The van der Waals surface area contributed by atoms with Gasteiger partial charge in [0.15, 0.2) is 5.96 Å². The van der Waals surface area contributed by atoms with Crippen molar-refractivity contribution in [2.45, 2.75) is 57.7 Å². The van der Waals surface area contributed by atoms with Crippen molar-refractivity contribution < 1.29 is 9.90 Å². The summed E-state index contributed by atoms with van der Waals surface area (Å²) in [6.45, 7) is 3.80. The summed E-state index contributed by atoms with van der Waals surface area (Å²) in [5, 5.41) is 19.1. The lowest BCUT2D eigenvalue weighted by atomic mass is 9.93. The van der Waals surface area contributed by atoms with E-state index >= 15 is 0 Å². The Balaban J connectivity index is 0.00000338. The zero-order valence-corrected chi connectivity index (χ0v) is 17.7. The second-order valence-corrected chi connectivity index (χ2v) is 6.42. The highest BCUT2D eigenvalue weighted by Gasteiger charge is 2.19. The van der Waals surface area contributed by atoms with Gasteiger partial charge >= 0.3 is 0 Å². The topological polar surface area (TPSA) is 85.8 Å². The van der Waals surface area contributed by atoms with Gasteiger partial charge in [0.1, 0.15) is 0 Å². The maximum Gasteiger partial charge on any atom is 0.222 e. The molecule has 0 saturated heterocycles. The number of guanidine groups is 1. The molecular weight excluding hydrogens is 443 g/mol. The maximum atomic E-state index is 11.9. The molecule has 1 aromatic carbocycles. The van der Waals surface area contributed by atoms with E-state index in [4.69, 9.17) is 0 Å². The Morgan fingerprint density at radius 2 is 1.85 bits per heavy atom. The van der Waals surface area contributed by atoms with E-state index in [0.717, 1.165) is 43.8 Å². The average Bonchev–Trinajstić information content (AvgIpc) is 2.63. The predicted molar refractivity (Wildman–Crippen MR) is 116 cm³/mol. The average molecular weight is 474 g/mol. The fourth-order valence-electron chi connectivity index (χ4n) is 2.89. The van der Waals surface area contributed by atoms with E-state index in [2.05, 4.69) is 20.9 Å². The van der Waals surface area contributed by atoms with Crippen LogP contribution in [0, 0.1) is 0 Å². The fraction of sp³-hybridized carbons (Fsp3) is 0.579. The SMILES string of the molecule is CCNC(=NCCC(=O)NCc1ccccc1)NC1CCC(O)CC1.I. The lowest BCUT2D eigenvalue weighted by molar-refractivity contribution is -0.121. The number of aliphatic hydroxyl groups excluding tert-OH is 1. The zero-order valence-electron chi connectivity index (χ0n) is 15.4. The molecule has 1 aliphatic rings. The third kappa shape index (κ3) is 8.84. The third-order valence-corrected chi connectivity index (χ3v) is 4.32. The van der Waals surface area contributed by atoms with E-state index < -0.39 is 0 Å². The van der Waals surface area contributed by atoms with Gasteiger partial charge in [-0.25, -0.2) is 0 Å². The Morgan fingerprint density at radius 3 is 2.50 bits per heavy atom. The Morgan fingerprint density at radius 1 is 1.15 bits per heavy atom. The van der Waals surface area contributed by atoms with E-state index in [9.17, 15) is 9.90 Å². The molecule has 0 radical (unpaired) electrons. The monoisotopic (exact) mass is 474 g/mol. The van der Waals surface area contributed by atoms with Crippen molar-refractivity contribution >= 4 is 35.8 Å². The van der Waals surface area contributed by atoms with Crippen molar-refractivity contribution in [2.75, 3.05) is 13.1 Å². The number of carbonyl (C=O) groups is 1. The van der Waals surface area contributed by atoms with Gasteiger partial charge in [-0.1, -0.05) is 30.3 Å². The number of aliphatic imine (C=N–C) groups is 1. The number of hydrogen-bond acceptors (Lipinski definition) is 3. The van der Waals surface area contributed by atoms with E-state index in [1.807, 2.05) is 37.3 Å². The Hall–Kier alpha value is -1.35. The summed E-state index contributed by atoms with van der Waals surface area (Å²) < 4.78 is 0. The highest BCUT2D eigenvalue weighted by atomic mass is 127. The van der Waals surface area contributed by atoms with Gasteiger partial charge in [-0.15, -0.1) is 24.0 Å². The van der Waals surface area contributed by atoms with Crippen LogP contribution in [0.3, 0.4) is 0 Å². The van der Waals surface area contributed by atoms with Crippen LogP contribution in [0.4, 0.5) is 0 Å². The third-order valence-electron chi connectivity index (χ3n) is 4.32. The minimum atomic E-state index is -0.161. The molecule has 2 rings (SSSR count). The molecule has 0 spiro atoms. The molecule has 26 heavy (non-hydrogen) atoms. The van der Waals surface area contributed by atoms with Gasteiger partial charge in [0.05, 0.1) is 12.6 Å². The summed E-state index contributed by atoms with van der Waals surface area (Å²) in [5.41, 5.74) is 1.09. The molecule has 0 heterocycles. The van der Waals surface area contributed by atoms with E-state index in [-0.39, 0.29) is 36.0 Å². The standard InChI is InChI=1S/C19H30N4O2.HI/c1-2-20-19(23-16-8-10-17(24)11-9-16)21-13-12-18(25)22-14-15-6-4-3-5-7-15;/h3-7,16-17,24H,2,8-14H2,1H3,(H,22,25)(H2,20,21,23);1H. The summed E-state index contributed by atoms with van der Waals surface area (Å²) in [6, 6.07) is 10.2. The minimum absolute atomic E-state index is 0. The Kier molecular flexibility index (Phi) is 11.3. The highest BCUT2D eigenvalue weighted by Crippen LogP contribution is 2.18. The van der Waals surface area contributed by atoms with Crippen LogP contribution in [0.25, 0.3) is 0 Å². The number of halogens is 1. The van der Waals surface area contributed by atoms with Gasteiger partial charge in [0, 0.05) is 25.6 Å². The maximum absolute atomic E-state index is 11.9. The molecule has 4 N–H and O–H groups in total. The number of rotatable bonds is 7. The summed E-state index contributed by atoms with van der Waals surface area (Å²) in [6.07, 6.45) is 3.77. The summed E-state index contributed by atoms with van der Waals surface area (Å²) >= 11 is 0. The summed E-state index contributed by atoms with van der Waals surface area (Å²) in [5.74, 6) is 0.754. The van der Waals surface area contributed by atoms with Crippen LogP contribution in [-0.2, 0) is 11.3 Å². The fourth-order valence-corrected chi connectivity index (χ4v) is 2.89. The smallest absolute Gasteiger partial charge is 0.222 e. The van der Waals surface area contributed by atoms with Crippen LogP contribution in [0.1, 0.15) is 44.6 Å². The number of carbonyl (C=O) groups excluding carboxylic acids is 1. The molecule has 1 fully saturated rings. The molecule has 146 valence electrons. The molecule has 6 nitrogen and oxygen atoms in total. The molecule has 1 aromatic rings. The first-order chi connectivity index (χ1) is 12.2. The number of hydrogen-bond donors (Lipinski definition) is 4. The Bertz CT molecular complexity index is 546. The predicted octanol–water partition coefficient (Wildman–Crippen LogP) is 2.17. The second kappa shape index (κ2) is 12.9. The lowest BCUT2D eigenvalue weighted by Gasteiger charge is -2.27. The van der Waals surface area contributed by atoms with Crippen molar-refractivity contribution in [1.29, 1.82) is 0 Å². The van der Waals surface area contributed by atoms with Gasteiger partial charge in [-0.2, -0.15) is 0 Å². The van der Waals surface area contributed by atoms with Crippen molar-refractivity contribution in [3.8, 4) is 0 Å². The summed E-state index contributed by atoms with van der Waals surface area (Å²) in [4.78, 5) is 16.4. The molecule has 0 atom stereocenters. The zero-order chi connectivity index (χ0) is 17.9. The molecule has 1 saturated carbocycles. The van der Waals surface area contributed by atoms with E-state index in [0.29, 0.717) is 25.6 Å². The van der Waals surface area contributed by atoms with Gasteiger partial charge in [0.25, 0.3) is 0 Å². The molecule has 1 aliphatic carbocycles. The number of benzene rings is 1. The number of aliphatic hydroxyl groups is 1. The number of amides is 1. The van der Waals surface area contributed by atoms with E-state index in [1.54, 1.807) is 0 Å². The highest BCUT2D eigenvalue weighted by molar-refractivity contribution is 14.0. The minimum Gasteiger partial charge on any atom is -0.393 e. The van der Waals surface area contributed by atoms with Crippen molar-refractivity contribution in [3.63, 3.8) is 0 Å². The van der Waals surface area contributed by atoms with Crippen LogP contribution in [0.2, 0.25) is 0 Å². The van der Waals surface area contributed by atoms with Crippen LogP contribution in [0.15, 0.2) is 35.3 Å². The molecule has 0 aromatic heterocycles. The molecule has 0 bridgehead atoms. The quantitative estimate of drug-likeness (QED) is 0.277. The van der Waals surface area contributed by atoms with Crippen molar-refractivity contribution in [1.82, 2.24) is 16.0 Å². The molecule has 0 unspecified atom stereocenters. The first-order valence-corrected chi connectivity index (χ1v) is 9.21. The van der Waals surface area contributed by atoms with Gasteiger partial charge in [-0.3, -0.25) is 9.79 Å². The lowest BCUT2D eigenvalue weighted by Crippen LogP contribution is -2.45. The number of nitrogens with zero attached hydrogens (tertiary/aromatic N) is 1. The first-order valence-electron chi connectivity index (χ1n) is 9.21. The largest absolute Gasteiger partial charge is 0.393 e. The van der Waals surface area contributed by atoms with Gasteiger partial charge < -0.3 is 21.1 Å². The van der Waals surface area contributed by atoms with Gasteiger partial charge in [0.2, 0.25) is 5.91 Å². The van der Waals surface area contributed by atoms with Crippen LogP contribution >= 0.6 is 24.0 Å². The van der Waals surface area contributed by atoms with Crippen LogP contribution < -0.4 is 16.0 Å². The summed E-state index contributed by atoms with van der Waals surface area (Å²) in [7, 11) is 0. The van der Waals surface area contributed by atoms with Crippen LogP contribution in [0.5, 0.6) is 0 Å². The molecule has 7 heteroatoms. The van der Waals surface area contributed by atoms with E-state index in [1.165, 1.54) is 0 Å². The van der Waals surface area contributed by atoms with Crippen LogP contribution in [-0.4, -0.2) is 42.2 Å². The molecule has 0 aliphatic heterocycles. The normalized spacial score (nSPS) is 20.0. The van der Waals surface area contributed by atoms with Crippen molar-refractivity contribution in [2.24, 2.45) is 4.99 Å². The van der Waals surface area contributed by atoms with Gasteiger partial charge in [-0.05, 0) is 38.2 Å². The number of nitrogens with one attached hydrogen (secondary N) is 3. The van der Waals surface area contributed by atoms with Crippen molar-refractivity contribution in [3.05, 3.63) is 35.9 Å². The first kappa shape index (κ1) is 22.7. The molecular formula is C19H31IN4O2. The Labute approximate surface area is 173 Å². The molecule has 1 amide bonds. The second-order valence-electron chi connectivity index (χ2n) is 6.42.